The Morgan fingerprint density at radius 3 is 2.16 bits per heavy atom. The average molecular weight is 573 g/mol. The summed E-state index contributed by atoms with van der Waals surface area (Å²) in [5, 5.41) is -0.0551. The highest BCUT2D eigenvalue weighted by Gasteiger charge is 2.62. The van der Waals surface area contributed by atoms with E-state index in [2.05, 4.69) is 67.7 Å². The number of carbonyl (C=O) groups is 2. The van der Waals surface area contributed by atoms with Crippen LogP contribution in [0.15, 0.2) is 0 Å². The molecule has 6 atom stereocenters. The summed E-state index contributed by atoms with van der Waals surface area (Å²) >= 11 is 0. The standard InChI is InChI=1S/C28H52O8Si2/c1-19-24(34-19)21(36-38(10,11)27(5,6)7)16-22(29)28(35-23-14-12-13-15-31-23)20(17-32-25(28)30)18-33-37(8,9)26(2,3)4/h19-21,23-24H,12-18H2,1-11H3/t19-,20+,21-,23?,24+,28+/m0/s1. The molecule has 3 saturated heterocycles. The van der Waals surface area contributed by atoms with Crippen LogP contribution in [0, 0.1) is 5.92 Å². The predicted octanol–water partition coefficient (Wildman–Crippen LogP) is 5.60. The van der Waals surface area contributed by atoms with Gasteiger partial charge in [0.25, 0.3) is 0 Å². The van der Waals surface area contributed by atoms with Gasteiger partial charge in [-0.15, -0.1) is 0 Å². The maximum Gasteiger partial charge on any atom is 0.346 e. The molecule has 1 unspecified atom stereocenters. The van der Waals surface area contributed by atoms with Crippen molar-refractivity contribution in [2.75, 3.05) is 19.8 Å². The third kappa shape index (κ3) is 6.80. The minimum atomic E-state index is -2.22. The van der Waals surface area contributed by atoms with Gasteiger partial charge < -0.3 is 27.8 Å². The van der Waals surface area contributed by atoms with Gasteiger partial charge in [-0.05, 0) is 62.5 Å². The first-order valence-electron chi connectivity index (χ1n) is 14.3. The van der Waals surface area contributed by atoms with Crippen molar-refractivity contribution in [1.82, 2.24) is 0 Å². The number of cyclic esters (lactones) is 1. The molecule has 0 N–H and O–H groups in total. The van der Waals surface area contributed by atoms with E-state index in [4.69, 9.17) is 27.8 Å². The molecule has 3 fully saturated rings. The maximum absolute atomic E-state index is 14.3. The Kier molecular flexibility index (Phi) is 9.51. The molecule has 3 heterocycles. The van der Waals surface area contributed by atoms with Crippen LogP contribution in [0.1, 0.15) is 74.1 Å². The predicted molar refractivity (Wildman–Crippen MR) is 151 cm³/mol. The molecule has 38 heavy (non-hydrogen) atoms. The molecule has 0 aromatic heterocycles. The zero-order valence-corrected chi connectivity index (χ0v) is 27.6. The summed E-state index contributed by atoms with van der Waals surface area (Å²) in [4.78, 5) is 27.8. The van der Waals surface area contributed by atoms with Crippen LogP contribution in [0.5, 0.6) is 0 Å². The molecule has 0 aromatic carbocycles. The summed E-state index contributed by atoms with van der Waals surface area (Å²) in [6.45, 7) is 24.5. The highest BCUT2D eigenvalue weighted by atomic mass is 28.4. The van der Waals surface area contributed by atoms with Gasteiger partial charge in [0.05, 0.1) is 18.1 Å². The van der Waals surface area contributed by atoms with E-state index >= 15 is 0 Å². The Morgan fingerprint density at radius 2 is 1.66 bits per heavy atom. The van der Waals surface area contributed by atoms with Crippen LogP contribution in [0.25, 0.3) is 0 Å². The summed E-state index contributed by atoms with van der Waals surface area (Å²) in [6, 6.07) is 0. The molecule has 10 heteroatoms. The summed E-state index contributed by atoms with van der Waals surface area (Å²) in [5.74, 6) is -1.53. The third-order valence-corrected chi connectivity index (χ3v) is 18.4. The van der Waals surface area contributed by atoms with E-state index < -0.39 is 46.5 Å². The van der Waals surface area contributed by atoms with Crippen LogP contribution >= 0.6 is 0 Å². The SMILES string of the molecule is C[C@@H]1O[C@H]1[C@H](CC(=O)[C@@]1(OC2CCCCO2)C(=O)OC[C@@H]1CO[Si](C)(C)C(C)(C)C)O[Si](C)(C)C(C)(C)C. The van der Waals surface area contributed by atoms with Crippen molar-refractivity contribution < 1.29 is 37.4 Å². The van der Waals surface area contributed by atoms with Gasteiger partial charge in [-0.1, -0.05) is 41.5 Å². The fraction of sp³-hybridized carbons (Fsp3) is 0.929. The van der Waals surface area contributed by atoms with Crippen LogP contribution < -0.4 is 0 Å². The number of Topliss-reactive ketones (excluding diaryl/α,β-unsaturated/α-hetero) is 1. The van der Waals surface area contributed by atoms with E-state index in [1.54, 1.807) is 0 Å². The van der Waals surface area contributed by atoms with E-state index in [-0.39, 0.29) is 47.7 Å². The van der Waals surface area contributed by atoms with Gasteiger partial charge in [0.15, 0.2) is 28.7 Å². The van der Waals surface area contributed by atoms with E-state index in [0.717, 1.165) is 12.8 Å². The van der Waals surface area contributed by atoms with Gasteiger partial charge in [0, 0.05) is 19.6 Å². The monoisotopic (exact) mass is 572 g/mol. The van der Waals surface area contributed by atoms with Crippen molar-refractivity contribution in [2.24, 2.45) is 5.92 Å². The van der Waals surface area contributed by atoms with Crippen LogP contribution in [0.4, 0.5) is 0 Å². The number of hydrogen-bond donors (Lipinski definition) is 0. The lowest BCUT2D eigenvalue weighted by molar-refractivity contribution is -0.231. The van der Waals surface area contributed by atoms with Crippen molar-refractivity contribution in [3.8, 4) is 0 Å². The lowest BCUT2D eigenvalue weighted by Gasteiger charge is -2.41. The maximum atomic E-state index is 14.3. The number of rotatable bonds is 11. The molecule has 0 bridgehead atoms. The second-order valence-electron chi connectivity index (χ2n) is 14.4. The second kappa shape index (κ2) is 11.3. The Bertz CT molecular complexity index is 856. The summed E-state index contributed by atoms with van der Waals surface area (Å²) in [6.07, 6.45) is 1.22. The number of esters is 1. The second-order valence-corrected chi connectivity index (χ2v) is 23.9. The summed E-state index contributed by atoms with van der Waals surface area (Å²) in [5.41, 5.74) is -1.78. The van der Waals surface area contributed by atoms with Crippen LogP contribution in [0.3, 0.4) is 0 Å². The molecule has 0 radical (unpaired) electrons. The molecule has 3 aliphatic rings. The first-order valence-corrected chi connectivity index (χ1v) is 20.1. The van der Waals surface area contributed by atoms with E-state index in [1.165, 1.54) is 0 Å². The molecule has 0 saturated carbocycles. The topological polar surface area (TPSA) is 92.8 Å². The molecule has 3 rings (SSSR count). The normalized spacial score (nSPS) is 31.7. The minimum Gasteiger partial charge on any atom is -0.463 e. The molecule has 8 nitrogen and oxygen atoms in total. The lowest BCUT2D eigenvalue weighted by Crippen LogP contribution is -2.57. The van der Waals surface area contributed by atoms with Gasteiger partial charge in [0.1, 0.15) is 12.7 Å². The van der Waals surface area contributed by atoms with E-state index in [9.17, 15) is 9.59 Å². The zero-order chi connectivity index (χ0) is 28.7. The highest BCUT2D eigenvalue weighted by Crippen LogP contribution is 2.44. The zero-order valence-electron chi connectivity index (χ0n) is 25.6. The quantitative estimate of drug-likeness (QED) is 0.137. The molecule has 0 aliphatic carbocycles. The number of ketones is 1. The molecular formula is C28H52O8Si2. The van der Waals surface area contributed by atoms with Crippen LogP contribution in [0.2, 0.25) is 36.3 Å². The summed E-state index contributed by atoms with van der Waals surface area (Å²) in [7, 11) is -4.37. The van der Waals surface area contributed by atoms with Crippen molar-refractivity contribution in [3.63, 3.8) is 0 Å². The fourth-order valence-electron chi connectivity index (χ4n) is 4.53. The molecule has 3 aliphatic heterocycles. The molecule has 0 amide bonds. The first kappa shape index (κ1) is 31.9. The van der Waals surface area contributed by atoms with Crippen molar-refractivity contribution >= 4 is 28.4 Å². The number of ether oxygens (including phenoxy) is 4. The van der Waals surface area contributed by atoms with Gasteiger partial charge in [-0.25, -0.2) is 4.79 Å². The first-order chi connectivity index (χ1) is 17.3. The van der Waals surface area contributed by atoms with Crippen LogP contribution in [-0.4, -0.2) is 78.4 Å². The Labute approximate surface area is 232 Å². The number of hydrogen-bond acceptors (Lipinski definition) is 8. The average Bonchev–Trinajstić information content (AvgIpc) is 3.44. The number of carbonyl (C=O) groups excluding carboxylic acids is 2. The lowest BCUT2D eigenvalue weighted by atomic mass is 9.83. The van der Waals surface area contributed by atoms with Crippen LogP contribution in [-0.2, 0) is 37.4 Å². The van der Waals surface area contributed by atoms with Gasteiger partial charge in [-0.3, -0.25) is 4.79 Å². The fourth-order valence-corrected chi connectivity index (χ4v) is 6.91. The highest BCUT2D eigenvalue weighted by molar-refractivity contribution is 6.74. The Hall–Kier alpha value is -0.626. The minimum absolute atomic E-state index is 0.00404. The Balaban J connectivity index is 1.91. The van der Waals surface area contributed by atoms with Gasteiger partial charge in [0.2, 0.25) is 5.60 Å². The van der Waals surface area contributed by atoms with Gasteiger partial charge in [-0.2, -0.15) is 0 Å². The molecule has 0 aromatic rings. The third-order valence-electron chi connectivity index (χ3n) is 9.38. The van der Waals surface area contributed by atoms with Crippen molar-refractivity contribution in [3.05, 3.63) is 0 Å². The largest absolute Gasteiger partial charge is 0.463 e. The molecule has 0 spiro atoms. The van der Waals surface area contributed by atoms with E-state index in [1.807, 2.05) is 6.92 Å². The number of epoxide rings is 1. The molecule has 220 valence electrons. The van der Waals surface area contributed by atoms with Gasteiger partial charge >= 0.3 is 5.97 Å². The molecular weight excluding hydrogens is 520 g/mol. The van der Waals surface area contributed by atoms with Crippen molar-refractivity contribution in [2.45, 2.75) is 141 Å². The van der Waals surface area contributed by atoms with E-state index in [0.29, 0.717) is 13.0 Å². The Morgan fingerprint density at radius 1 is 1.05 bits per heavy atom. The van der Waals surface area contributed by atoms with Crippen molar-refractivity contribution in [1.29, 1.82) is 0 Å². The summed E-state index contributed by atoms with van der Waals surface area (Å²) < 4.78 is 36.9. The smallest absolute Gasteiger partial charge is 0.346 e.